The molecule has 2 amide bonds. The Morgan fingerprint density at radius 1 is 1.03 bits per heavy atom. The van der Waals surface area contributed by atoms with Crippen molar-refractivity contribution in [3.05, 3.63) is 95.0 Å². The third kappa shape index (κ3) is 5.23. The molecular weight excluding hydrogens is 440 g/mol. The summed E-state index contributed by atoms with van der Waals surface area (Å²) in [5.74, 6) is 0. The van der Waals surface area contributed by atoms with Crippen LogP contribution in [0.3, 0.4) is 0 Å². The fraction of sp³-hybridized carbons (Fsp3) is 0.286. The second-order valence-corrected chi connectivity index (χ2v) is 9.98. The minimum absolute atomic E-state index is 0.00272. The monoisotopic (exact) mass is 470 g/mol. The van der Waals surface area contributed by atoms with E-state index in [-0.39, 0.29) is 12.1 Å². The number of hydrogen-bond acceptors (Lipinski definition) is 3. The first-order chi connectivity index (χ1) is 16.7. The lowest BCUT2D eigenvalue weighted by Crippen LogP contribution is -2.43. The molecule has 1 fully saturated rings. The molecule has 0 bridgehead atoms. The molecule has 0 atom stereocenters. The number of rotatable bonds is 7. The zero-order chi connectivity index (χ0) is 23.3. The molecule has 4 aromatic rings. The first-order valence-electron chi connectivity index (χ1n) is 11.9. The molecule has 5 nitrogen and oxygen atoms in total. The molecular formula is C28H30N4OS. The third-order valence-electron chi connectivity index (χ3n) is 6.39. The van der Waals surface area contributed by atoms with E-state index in [1.807, 2.05) is 46.0 Å². The number of carbonyl (C=O) groups is 1. The normalized spacial score (nSPS) is 13.8. The van der Waals surface area contributed by atoms with Crippen molar-refractivity contribution >= 4 is 17.4 Å². The van der Waals surface area contributed by atoms with Gasteiger partial charge >= 0.3 is 6.03 Å². The quantitative estimate of drug-likeness (QED) is 0.332. The van der Waals surface area contributed by atoms with Gasteiger partial charge in [0.2, 0.25) is 0 Å². The smallest absolute Gasteiger partial charge is 0.318 e. The van der Waals surface area contributed by atoms with Crippen LogP contribution in [0, 0.1) is 6.92 Å². The lowest BCUT2D eigenvalue weighted by Gasteiger charge is -2.25. The Bertz CT molecular complexity index is 1210. The summed E-state index contributed by atoms with van der Waals surface area (Å²) in [6, 6.07) is 23.0. The molecule has 0 saturated heterocycles. The van der Waals surface area contributed by atoms with Crippen LogP contribution in [-0.4, -0.2) is 26.8 Å². The number of amides is 2. The summed E-state index contributed by atoms with van der Waals surface area (Å²) in [5, 5.41) is 10.3. The van der Waals surface area contributed by atoms with Gasteiger partial charge in [0, 0.05) is 24.3 Å². The fourth-order valence-electron chi connectivity index (χ4n) is 4.51. The third-order valence-corrected chi connectivity index (χ3v) is 7.27. The maximum absolute atomic E-state index is 13.4. The molecule has 1 saturated carbocycles. The summed E-state index contributed by atoms with van der Waals surface area (Å²) < 4.78 is 1.92. The minimum Gasteiger partial charge on any atom is -0.335 e. The van der Waals surface area contributed by atoms with Gasteiger partial charge in [0.25, 0.3) is 0 Å². The van der Waals surface area contributed by atoms with E-state index in [1.165, 1.54) is 18.4 Å². The summed E-state index contributed by atoms with van der Waals surface area (Å²) in [6.07, 6.45) is 6.58. The number of hydrogen-bond donors (Lipinski definition) is 1. The van der Waals surface area contributed by atoms with E-state index in [0.29, 0.717) is 13.1 Å². The predicted molar refractivity (Wildman–Crippen MR) is 138 cm³/mol. The Morgan fingerprint density at radius 2 is 1.79 bits per heavy atom. The van der Waals surface area contributed by atoms with E-state index in [9.17, 15) is 4.79 Å². The highest BCUT2D eigenvalue weighted by atomic mass is 32.1. The van der Waals surface area contributed by atoms with Gasteiger partial charge in [-0.15, -0.1) is 11.3 Å². The molecule has 5 rings (SSSR count). The van der Waals surface area contributed by atoms with Crippen LogP contribution in [0.25, 0.3) is 16.3 Å². The van der Waals surface area contributed by atoms with Crippen LogP contribution in [0.2, 0.25) is 0 Å². The second kappa shape index (κ2) is 10.3. The number of aromatic nitrogens is 2. The van der Waals surface area contributed by atoms with Gasteiger partial charge in [-0.1, -0.05) is 66.9 Å². The maximum atomic E-state index is 13.4. The Hall–Kier alpha value is -3.38. The highest BCUT2D eigenvalue weighted by molar-refractivity contribution is 7.13. The van der Waals surface area contributed by atoms with E-state index in [1.54, 1.807) is 11.3 Å². The topological polar surface area (TPSA) is 50.2 Å². The van der Waals surface area contributed by atoms with Crippen LogP contribution in [0.4, 0.5) is 4.79 Å². The molecule has 1 aliphatic carbocycles. The lowest BCUT2D eigenvalue weighted by atomic mass is 10.1. The Labute approximate surface area is 205 Å². The van der Waals surface area contributed by atoms with Crippen LogP contribution in [0.1, 0.15) is 42.4 Å². The summed E-state index contributed by atoms with van der Waals surface area (Å²) >= 11 is 1.67. The minimum atomic E-state index is -0.00272. The highest BCUT2D eigenvalue weighted by Gasteiger charge is 2.24. The average molecular weight is 471 g/mol. The number of benzene rings is 2. The Balaban J connectivity index is 1.46. The largest absolute Gasteiger partial charge is 0.335 e. The molecule has 0 unspecified atom stereocenters. The lowest BCUT2D eigenvalue weighted by molar-refractivity contribution is 0.188. The highest BCUT2D eigenvalue weighted by Crippen LogP contribution is 2.29. The van der Waals surface area contributed by atoms with Crippen molar-refractivity contribution in [2.45, 2.75) is 51.7 Å². The van der Waals surface area contributed by atoms with Gasteiger partial charge in [0.15, 0.2) is 0 Å². The molecule has 1 aliphatic rings. The first kappa shape index (κ1) is 22.4. The SMILES string of the molecule is Cc1ccc(CN(Cc2cn(-c3ccccc3)nc2-c2cccs2)C(=O)NC2CCCC2)cc1. The average Bonchev–Trinajstić information content (AvgIpc) is 3.63. The molecule has 34 heavy (non-hydrogen) atoms. The number of carbonyl (C=O) groups excluding carboxylic acids is 1. The van der Waals surface area contributed by atoms with Crippen molar-refractivity contribution in [1.82, 2.24) is 20.0 Å². The zero-order valence-corrected chi connectivity index (χ0v) is 20.3. The van der Waals surface area contributed by atoms with Crippen LogP contribution < -0.4 is 5.32 Å². The molecule has 2 aromatic carbocycles. The summed E-state index contributed by atoms with van der Waals surface area (Å²) in [4.78, 5) is 16.5. The number of urea groups is 1. The molecule has 0 spiro atoms. The standard InChI is InChI=1S/C28H30N4OS/c1-21-13-15-22(16-14-21)18-31(28(33)29-24-8-5-6-9-24)19-23-20-32(25-10-3-2-4-11-25)30-27(23)26-12-7-17-34-26/h2-4,7,10-17,20,24H,5-6,8-9,18-19H2,1H3,(H,29,33). The van der Waals surface area contributed by atoms with Gasteiger partial charge in [-0.05, 0) is 48.9 Å². The van der Waals surface area contributed by atoms with Crippen molar-refractivity contribution in [3.8, 4) is 16.3 Å². The number of thiophene rings is 1. The van der Waals surface area contributed by atoms with Crippen molar-refractivity contribution in [2.24, 2.45) is 0 Å². The zero-order valence-electron chi connectivity index (χ0n) is 19.5. The van der Waals surface area contributed by atoms with Crippen molar-refractivity contribution < 1.29 is 4.79 Å². The molecule has 2 aromatic heterocycles. The molecule has 1 N–H and O–H groups in total. The van der Waals surface area contributed by atoms with Crippen LogP contribution in [-0.2, 0) is 13.1 Å². The summed E-state index contributed by atoms with van der Waals surface area (Å²) in [7, 11) is 0. The summed E-state index contributed by atoms with van der Waals surface area (Å²) in [6.45, 7) is 3.13. The number of aryl methyl sites for hydroxylation is 1. The first-order valence-corrected chi connectivity index (χ1v) is 12.8. The number of nitrogens with one attached hydrogen (secondary N) is 1. The molecule has 174 valence electrons. The van der Waals surface area contributed by atoms with E-state index in [4.69, 9.17) is 5.10 Å². The maximum Gasteiger partial charge on any atom is 0.318 e. The van der Waals surface area contributed by atoms with Crippen LogP contribution >= 0.6 is 11.3 Å². The van der Waals surface area contributed by atoms with Gasteiger partial charge in [0.05, 0.1) is 17.1 Å². The Morgan fingerprint density at radius 3 is 2.50 bits per heavy atom. The molecule has 6 heteroatoms. The molecule has 0 radical (unpaired) electrons. The van der Waals surface area contributed by atoms with Gasteiger partial charge in [-0.2, -0.15) is 5.10 Å². The van der Waals surface area contributed by atoms with Crippen LogP contribution in [0.5, 0.6) is 0 Å². The van der Waals surface area contributed by atoms with Crippen molar-refractivity contribution in [1.29, 1.82) is 0 Å². The van der Waals surface area contributed by atoms with E-state index < -0.39 is 0 Å². The van der Waals surface area contributed by atoms with Crippen LogP contribution in [0.15, 0.2) is 78.3 Å². The predicted octanol–water partition coefficient (Wildman–Crippen LogP) is 6.56. The van der Waals surface area contributed by atoms with Gasteiger partial charge in [-0.3, -0.25) is 0 Å². The van der Waals surface area contributed by atoms with Crippen molar-refractivity contribution in [3.63, 3.8) is 0 Å². The van der Waals surface area contributed by atoms with Gasteiger partial charge in [-0.25, -0.2) is 9.48 Å². The Kier molecular flexibility index (Phi) is 6.77. The van der Waals surface area contributed by atoms with E-state index in [2.05, 4.69) is 54.1 Å². The molecule has 0 aliphatic heterocycles. The number of para-hydroxylation sites is 1. The fourth-order valence-corrected chi connectivity index (χ4v) is 5.26. The van der Waals surface area contributed by atoms with Crippen molar-refractivity contribution in [2.75, 3.05) is 0 Å². The van der Waals surface area contributed by atoms with Gasteiger partial charge in [0.1, 0.15) is 5.69 Å². The summed E-state index contributed by atoms with van der Waals surface area (Å²) in [5.41, 5.74) is 5.32. The molecule has 2 heterocycles. The second-order valence-electron chi connectivity index (χ2n) is 9.03. The van der Waals surface area contributed by atoms with E-state index >= 15 is 0 Å². The number of nitrogens with zero attached hydrogens (tertiary/aromatic N) is 3. The van der Waals surface area contributed by atoms with E-state index in [0.717, 1.165) is 40.2 Å². The van der Waals surface area contributed by atoms with Gasteiger partial charge < -0.3 is 10.2 Å².